The molecular formula is C17H23NS. The van der Waals surface area contributed by atoms with Crippen molar-refractivity contribution >= 4 is 11.3 Å². The van der Waals surface area contributed by atoms with Crippen molar-refractivity contribution in [1.29, 1.82) is 0 Å². The van der Waals surface area contributed by atoms with Gasteiger partial charge in [-0.1, -0.05) is 42.8 Å². The second kappa shape index (κ2) is 7.46. The fourth-order valence-electron chi connectivity index (χ4n) is 2.45. The minimum atomic E-state index is 0.681. The Bertz CT molecular complexity index is 476. The smallest absolute Gasteiger partial charge is 0.00485 e. The zero-order valence-electron chi connectivity index (χ0n) is 11.9. The quantitative estimate of drug-likeness (QED) is 0.802. The molecule has 2 aromatic rings. The van der Waals surface area contributed by atoms with Crippen molar-refractivity contribution < 1.29 is 0 Å². The largest absolute Gasteiger partial charge is 0.317 e. The van der Waals surface area contributed by atoms with E-state index in [9.17, 15) is 0 Å². The first-order valence-electron chi connectivity index (χ1n) is 7.06. The van der Waals surface area contributed by atoms with Crippen LogP contribution in [-0.4, -0.2) is 13.1 Å². The molecule has 0 saturated heterocycles. The van der Waals surface area contributed by atoms with Crippen LogP contribution in [0.3, 0.4) is 0 Å². The number of benzene rings is 1. The fraction of sp³-hybridized carbons (Fsp3) is 0.412. The molecule has 0 aliphatic rings. The summed E-state index contributed by atoms with van der Waals surface area (Å²) in [6, 6.07) is 13.3. The van der Waals surface area contributed by atoms with Crippen molar-refractivity contribution in [2.75, 3.05) is 13.1 Å². The summed E-state index contributed by atoms with van der Waals surface area (Å²) in [5.74, 6) is 0.681. The van der Waals surface area contributed by atoms with Crippen molar-refractivity contribution in [3.8, 4) is 0 Å². The topological polar surface area (TPSA) is 12.0 Å². The number of nitrogens with one attached hydrogen (secondary N) is 1. The molecule has 0 fully saturated rings. The lowest BCUT2D eigenvalue weighted by molar-refractivity contribution is 0.481. The fourth-order valence-corrected chi connectivity index (χ4v) is 3.27. The van der Waals surface area contributed by atoms with Crippen LogP contribution >= 0.6 is 11.3 Å². The first-order valence-corrected chi connectivity index (χ1v) is 7.94. The van der Waals surface area contributed by atoms with Crippen LogP contribution < -0.4 is 5.32 Å². The number of rotatable bonds is 7. The van der Waals surface area contributed by atoms with Crippen LogP contribution in [0.1, 0.15) is 22.9 Å². The van der Waals surface area contributed by atoms with Gasteiger partial charge in [0.1, 0.15) is 0 Å². The highest BCUT2D eigenvalue weighted by atomic mass is 32.1. The standard InChI is InChI=1S/C17H23NS/c1-3-18-13-16(12-17-8-5-9-19-17)11-15-7-4-6-14(2)10-15/h4-10,16,18H,3,11-13H2,1-2H3. The average molecular weight is 273 g/mol. The molecule has 102 valence electrons. The summed E-state index contributed by atoms with van der Waals surface area (Å²) in [6.45, 7) is 6.49. The van der Waals surface area contributed by atoms with Gasteiger partial charge in [-0.15, -0.1) is 11.3 Å². The predicted molar refractivity (Wildman–Crippen MR) is 84.9 cm³/mol. The lowest BCUT2D eigenvalue weighted by Gasteiger charge is -2.17. The van der Waals surface area contributed by atoms with Gasteiger partial charge in [-0.2, -0.15) is 0 Å². The van der Waals surface area contributed by atoms with Crippen molar-refractivity contribution in [3.05, 3.63) is 57.8 Å². The molecule has 2 rings (SSSR count). The molecule has 0 amide bonds. The third-order valence-electron chi connectivity index (χ3n) is 3.36. The molecular weight excluding hydrogens is 250 g/mol. The van der Waals surface area contributed by atoms with Crippen LogP contribution in [0.5, 0.6) is 0 Å². The Morgan fingerprint density at radius 3 is 2.74 bits per heavy atom. The normalized spacial score (nSPS) is 12.5. The molecule has 0 aliphatic carbocycles. The number of hydrogen-bond acceptors (Lipinski definition) is 2. The Kier molecular flexibility index (Phi) is 5.62. The van der Waals surface area contributed by atoms with Crippen molar-refractivity contribution in [3.63, 3.8) is 0 Å². The van der Waals surface area contributed by atoms with Crippen LogP contribution in [-0.2, 0) is 12.8 Å². The zero-order valence-corrected chi connectivity index (χ0v) is 12.7. The number of aryl methyl sites for hydroxylation is 1. The van der Waals surface area contributed by atoms with Gasteiger partial charge in [0.15, 0.2) is 0 Å². The second-order valence-electron chi connectivity index (χ2n) is 5.15. The molecule has 1 aromatic heterocycles. The van der Waals surface area contributed by atoms with Gasteiger partial charge in [0.2, 0.25) is 0 Å². The molecule has 1 heterocycles. The maximum atomic E-state index is 3.50. The van der Waals surface area contributed by atoms with E-state index in [0.29, 0.717) is 5.92 Å². The predicted octanol–water partition coefficient (Wildman–Crippen LogP) is 4.07. The summed E-state index contributed by atoms with van der Waals surface area (Å²) in [7, 11) is 0. The first kappa shape index (κ1) is 14.3. The summed E-state index contributed by atoms with van der Waals surface area (Å²) in [5.41, 5.74) is 2.82. The van der Waals surface area contributed by atoms with Gasteiger partial charge < -0.3 is 5.32 Å². The minimum absolute atomic E-state index is 0.681. The number of thiophene rings is 1. The Balaban J connectivity index is 2.00. The summed E-state index contributed by atoms with van der Waals surface area (Å²) >= 11 is 1.87. The molecule has 1 nitrogen and oxygen atoms in total. The van der Waals surface area contributed by atoms with E-state index in [1.807, 2.05) is 11.3 Å². The highest BCUT2D eigenvalue weighted by Gasteiger charge is 2.11. The van der Waals surface area contributed by atoms with Crippen LogP contribution in [0.2, 0.25) is 0 Å². The summed E-state index contributed by atoms with van der Waals surface area (Å²) < 4.78 is 0. The van der Waals surface area contributed by atoms with Gasteiger partial charge in [-0.25, -0.2) is 0 Å². The molecule has 0 bridgehead atoms. The molecule has 0 aliphatic heterocycles. The van der Waals surface area contributed by atoms with Crippen molar-refractivity contribution in [2.45, 2.75) is 26.7 Å². The van der Waals surface area contributed by atoms with Gasteiger partial charge in [-0.05, 0) is 55.8 Å². The van der Waals surface area contributed by atoms with E-state index in [1.54, 1.807) is 0 Å². The molecule has 0 spiro atoms. The lowest BCUT2D eigenvalue weighted by Crippen LogP contribution is -2.25. The van der Waals surface area contributed by atoms with Crippen molar-refractivity contribution in [2.24, 2.45) is 5.92 Å². The van der Waals surface area contributed by atoms with Gasteiger partial charge in [-0.3, -0.25) is 0 Å². The van der Waals surface area contributed by atoms with Gasteiger partial charge in [0.05, 0.1) is 0 Å². The second-order valence-corrected chi connectivity index (χ2v) is 6.18. The highest BCUT2D eigenvalue weighted by molar-refractivity contribution is 7.09. The minimum Gasteiger partial charge on any atom is -0.317 e. The first-order chi connectivity index (χ1) is 9.28. The van der Waals surface area contributed by atoms with Crippen LogP contribution in [0.4, 0.5) is 0 Å². The average Bonchev–Trinajstić information content (AvgIpc) is 2.89. The molecule has 1 unspecified atom stereocenters. The maximum Gasteiger partial charge on any atom is 0.00485 e. The third-order valence-corrected chi connectivity index (χ3v) is 4.26. The summed E-state index contributed by atoms with van der Waals surface area (Å²) in [4.78, 5) is 1.50. The SMILES string of the molecule is CCNCC(Cc1cccc(C)c1)Cc1cccs1. The van der Waals surface area contributed by atoms with Gasteiger partial charge in [0, 0.05) is 4.88 Å². The van der Waals surface area contributed by atoms with Gasteiger partial charge in [0.25, 0.3) is 0 Å². The van der Waals surface area contributed by atoms with Crippen LogP contribution in [0.15, 0.2) is 41.8 Å². The molecule has 1 N–H and O–H groups in total. The van der Waals surface area contributed by atoms with Crippen LogP contribution in [0, 0.1) is 12.8 Å². The molecule has 19 heavy (non-hydrogen) atoms. The Hall–Kier alpha value is -1.12. The maximum absolute atomic E-state index is 3.50. The third kappa shape index (κ3) is 4.81. The van der Waals surface area contributed by atoms with Crippen molar-refractivity contribution in [1.82, 2.24) is 5.32 Å². The molecule has 1 atom stereocenters. The Morgan fingerprint density at radius 2 is 2.05 bits per heavy atom. The molecule has 2 heteroatoms. The van der Waals surface area contributed by atoms with E-state index in [0.717, 1.165) is 19.5 Å². The summed E-state index contributed by atoms with van der Waals surface area (Å²) in [5, 5.41) is 5.67. The monoisotopic (exact) mass is 273 g/mol. The molecule has 0 radical (unpaired) electrons. The molecule has 0 saturated carbocycles. The van der Waals surface area contributed by atoms with E-state index >= 15 is 0 Å². The van der Waals surface area contributed by atoms with E-state index in [4.69, 9.17) is 0 Å². The zero-order chi connectivity index (χ0) is 13.5. The van der Waals surface area contributed by atoms with Gasteiger partial charge >= 0.3 is 0 Å². The van der Waals surface area contributed by atoms with E-state index in [1.165, 1.54) is 22.4 Å². The van der Waals surface area contributed by atoms with E-state index < -0.39 is 0 Å². The van der Waals surface area contributed by atoms with E-state index in [-0.39, 0.29) is 0 Å². The highest BCUT2D eigenvalue weighted by Crippen LogP contribution is 2.18. The van der Waals surface area contributed by atoms with Crippen LogP contribution in [0.25, 0.3) is 0 Å². The lowest BCUT2D eigenvalue weighted by atomic mass is 9.94. The van der Waals surface area contributed by atoms with E-state index in [2.05, 4.69) is 60.9 Å². The summed E-state index contributed by atoms with van der Waals surface area (Å²) in [6.07, 6.45) is 2.34. The number of hydrogen-bond donors (Lipinski definition) is 1. The Morgan fingerprint density at radius 1 is 1.16 bits per heavy atom. The Labute approximate surface area is 120 Å². The molecule has 1 aromatic carbocycles.